The molecule has 1 saturated heterocycles. The number of benzene rings is 2. The maximum atomic E-state index is 8.69. The lowest BCUT2D eigenvalue weighted by atomic mass is 10.1. The largest absolute Gasteiger partial charge is 0.364 e. The first-order chi connectivity index (χ1) is 16.5. The molecule has 8 heteroatoms. The predicted octanol–water partition coefficient (Wildman–Crippen LogP) is 3.78. The van der Waals surface area contributed by atoms with Gasteiger partial charge in [-0.25, -0.2) is 9.97 Å². The number of imidazole rings is 1. The lowest BCUT2D eigenvalue weighted by Crippen LogP contribution is -2.39. The molecule has 2 aromatic heterocycles. The molecule has 4 aromatic rings. The van der Waals surface area contributed by atoms with Crippen LogP contribution in [0, 0.1) is 10.8 Å². The first-order valence-electron chi connectivity index (χ1n) is 11.7. The monoisotopic (exact) mass is 454 g/mol. The maximum Gasteiger partial charge on any atom is 0.173 e. The summed E-state index contributed by atoms with van der Waals surface area (Å²) in [5.74, 6) is 1.49. The van der Waals surface area contributed by atoms with E-state index in [2.05, 4.69) is 40.0 Å². The Morgan fingerprint density at radius 2 is 1.74 bits per heavy atom. The van der Waals surface area contributed by atoms with Crippen molar-refractivity contribution in [1.29, 1.82) is 10.8 Å². The minimum absolute atomic E-state index is 0.195. The van der Waals surface area contributed by atoms with Crippen molar-refractivity contribution in [3.63, 3.8) is 0 Å². The Labute approximate surface area is 198 Å². The van der Waals surface area contributed by atoms with Gasteiger partial charge in [0.1, 0.15) is 11.5 Å². The zero-order chi connectivity index (χ0) is 23.7. The highest BCUT2D eigenvalue weighted by Crippen LogP contribution is 2.25. The van der Waals surface area contributed by atoms with Crippen LogP contribution in [0.3, 0.4) is 0 Å². The van der Waals surface area contributed by atoms with Gasteiger partial charge in [0.25, 0.3) is 0 Å². The van der Waals surface area contributed by atoms with E-state index in [0.29, 0.717) is 18.1 Å². The van der Waals surface area contributed by atoms with E-state index >= 15 is 0 Å². The lowest BCUT2D eigenvalue weighted by molar-refractivity contribution is 0.263. The molecule has 1 fully saturated rings. The topological polar surface area (TPSA) is 98.6 Å². The quantitative estimate of drug-likeness (QED) is 0.316. The van der Waals surface area contributed by atoms with E-state index in [1.165, 1.54) is 5.56 Å². The van der Waals surface area contributed by atoms with Crippen molar-refractivity contribution in [2.45, 2.75) is 32.4 Å². The molecule has 0 radical (unpaired) electrons. The van der Waals surface area contributed by atoms with Gasteiger partial charge in [-0.2, -0.15) is 0 Å². The Morgan fingerprint density at radius 1 is 1.03 bits per heavy atom. The van der Waals surface area contributed by atoms with Crippen LogP contribution < -0.4 is 10.8 Å². The third kappa shape index (κ3) is 4.36. The fourth-order valence-electron chi connectivity index (χ4n) is 4.52. The molecular formula is C26H30N8. The molecule has 5 rings (SSSR count). The van der Waals surface area contributed by atoms with Crippen molar-refractivity contribution in [2.75, 3.05) is 25.5 Å². The SMILES string of the molecule is CC(=N)n1cc(-c2nc3ccccc3n2Cc2ccccc2)nc(NC2CCN(C)CC2)c1=N. The van der Waals surface area contributed by atoms with E-state index in [0.717, 1.165) is 42.8 Å². The molecule has 0 unspecified atom stereocenters. The van der Waals surface area contributed by atoms with Gasteiger partial charge in [0.2, 0.25) is 0 Å². The van der Waals surface area contributed by atoms with Crippen LogP contribution in [0.4, 0.5) is 5.82 Å². The summed E-state index contributed by atoms with van der Waals surface area (Å²) in [7, 11) is 2.13. The number of fused-ring (bicyclic) bond motifs is 1. The van der Waals surface area contributed by atoms with Crippen LogP contribution >= 0.6 is 0 Å². The number of nitrogens with zero attached hydrogens (tertiary/aromatic N) is 5. The van der Waals surface area contributed by atoms with E-state index in [4.69, 9.17) is 20.8 Å². The molecule has 0 aliphatic carbocycles. The molecule has 2 aromatic carbocycles. The molecule has 174 valence electrons. The summed E-state index contributed by atoms with van der Waals surface area (Å²) in [6.45, 7) is 4.37. The number of para-hydroxylation sites is 2. The molecule has 1 aliphatic heterocycles. The van der Waals surface area contributed by atoms with Crippen molar-refractivity contribution in [3.05, 3.63) is 71.8 Å². The standard InChI is InChI=1S/C26H30N8/c1-18(27)33-17-22(30-25(24(33)28)29-20-12-14-32(2)15-13-20)26-31-21-10-6-7-11-23(21)34(26)16-19-8-4-3-5-9-19/h3-11,17,20,27-28H,12-16H2,1-2H3,(H,29,30). The molecule has 0 spiro atoms. The third-order valence-corrected chi connectivity index (χ3v) is 6.44. The van der Waals surface area contributed by atoms with Crippen LogP contribution in [-0.2, 0) is 6.54 Å². The van der Waals surface area contributed by atoms with Crippen molar-refractivity contribution in [1.82, 2.24) is 24.0 Å². The second kappa shape index (κ2) is 9.23. The van der Waals surface area contributed by atoms with E-state index in [-0.39, 0.29) is 17.4 Å². The Kier molecular flexibility index (Phi) is 5.98. The van der Waals surface area contributed by atoms with Crippen LogP contribution in [0.1, 0.15) is 25.3 Å². The molecule has 0 amide bonds. The van der Waals surface area contributed by atoms with Gasteiger partial charge in [0, 0.05) is 18.8 Å². The second-order valence-electron chi connectivity index (χ2n) is 9.00. The van der Waals surface area contributed by atoms with Crippen LogP contribution in [-0.4, -0.2) is 56.0 Å². The summed E-state index contributed by atoms with van der Waals surface area (Å²) in [6.07, 6.45) is 3.75. The average Bonchev–Trinajstić information content (AvgIpc) is 3.20. The molecule has 0 saturated carbocycles. The van der Waals surface area contributed by atoms with Crippen LogP contribution in [0.5, 0.6) is 0 Å². The Morgan fingerprint density at radius 3 is 2.47 bits per heavy atom. The smallest absolute Gasteiger partial charge is 0.173 e. The zero-order valence-electron chi connectivity index (χ0n) is 19.6. The van der Waals surface area contributed by atoms with E-state index in [1.807, 2.05) is 36.4 Å². The predicted molar refractivity (Wildman–Crippen MR) is 135 cm³/mol. The van der Waals surface area contributed by atoms with Crippen molar-refractivity contribution in [3.8, 4) is 11.5 Å². The molecule has 3 N–H and O–H groups in total. The number of piperidine rings is 1. The first kappa shape index (κ1) is 22.0. The summed E-state index contributed by atoms with van der Waals surface area (Å²) >= 11 is 0. The lowest BCUT2D eigenvalue weighted by Gasteiger charge is -2.30. The zero-order valence-corrected chi connectivity index (χ0v) is 19.6. The normalized spacial score (nSPS) is 15.0. The Balaban J connectivity index is 1.62. The number of rotatable bonds is 5. The Bertz CT molecular complexity index is 1380. The number of likely N-dealkylation sites (tertiary alicyclic amines) is 1. The number of anilines is 1. The van der Waals surface area contributed by atoms with Crippen LogP contribution in [0.2, 0.25) is 0 Å². The van der Waals surface area contributed by atoms with Crippen molar-refractivity contribution >= 4 is 22.7 Å². The van der Waals surface area contributed by atoms with Gasteiger partial charge in [-0.1, -0.05) is 42.5 Å². The van der Waals surface area contributed by atoms with Gasteiger partial charge >= 0.3 is 0 Å². The van der Waals surface area contributed by atoms with E-state index in [9.17, 15) is 0 Å². The molecule has 0 bridgehead atoms. The Hall–Kier alpha value is -3.78. The van der Waals surface area contributed by atoms with Gasteiger partial charge in [0.05, 0.1) is 11.0 Å². The molecule has 0 atom stereocenters. The van der Waals surface area contributed by atoms with Crippen LogP contribution in [0.15, 0.2) is 60.8 Å². The summed E-state index contributed by atoms with van der Waals surface area (Å²) < 4.78 is 3.74. The first-order valence-corrected chi connectivity index (χ1v) is 11.7. The van der Waals surface area contributed by atoms with Crippen molar-refractivity contribution in [2.24, 2.45) is 0 Å². The highest BCUT2D eigenvalue weighted by Gasteiger charge is 2.21. The fraction of sp³-hybridized carbons (Fsp3) is 0.308. The van der Waals surface area contributed by atoms with Gasteiger partial charge in [-0.3, -0.25) is 15.4 Å². The van der Waals surface area contributed by atoms with E-state index < -0.39 is 0 Å². The number of hydrogen-bond donors (Lipinski definition) is 3. The van der Waals surface area contributed by atoms with Crippen molar-refractivity contribution < 1.29 is 0 Å². The number of hydrogen-bond acceptors (Lipinski definition) is 6. The maximum absolute atomic E-state index is 8.69. The molecule has 34 heavy (non-hydrogen) atoms. The van der Waals surface area contributed by atoms with Gasteiger partial charge in [-0.15, -0.1) is 0 Å². The van der Waals surface area contributed by atoms with E-state index in [1.54, 1.807) is 17.7 Å². The summed E-state index contributed by atoms with van der Waals surface area (Å²) in [5.41, 5.74) is 3.94. The second-order valence-corrected chi connectivity index (χ2v) is 9.00. The highest BCUT2D eigenvalue weighted by molar-refractivity contribution is 5.82. The van der Waals surface area contributed by atoms with Gasteiger partial charge < -0.3 is 14.8 Å². The number of aromatic nitrogens is 4. The van der Waals surface area contributed by atoms with Crippen LogP contribution in [0.25, 0.3) is 22.6 Å². The van der Waals surface area contributed by atoms with Gasteiger partial charge in [-0.05, 0) is 57.6 Å². The third-order valence-electron chi connectivity index (χ3n) is 6.44. The fourth-order valence-corrected chi connectivity index (χ4v) is 4.52. The average molecular weight is 455 g/mol. The number of nitrogens with one attached hydrogen (secondary N) is 3. The molecular weight excluding hydrogens is 424 g/mol. The molecule has 8 nitrogen and oxygen atoms in total. The summed E-state index contributed by atoms with van der Waals surface area (Å²) in [6, 6.07) is 18.6. The molecule has 3 heterocycles. The molecule has 1 aliphatic rings. The van der Waals surface area contributed by atoms with Gasteiger partial charge in [0.15, 0.2) is 17.1 Å². The summed E-state index contributed by atoms with van der Waals surface area (Å²) in [5, 5.41) is 20.5. The minimum atomic E-state index is 0.195. The highest BCUT2D eigenvalue weighted by atomic mass is 15.2. The minimum Gasteiger partial charge on any atom is -0.364 e. The summed E-state index contributed by atoms with van der Waals surface area (Å²) in [4.78, 5) is 12.1.